The van der Waals surface area contributed by atoms with Gasteiger partial charge in [0.05, 0.1) is 7.11 Å². The van der Waals surface area contributed by atoms with Crippen LogP contribution in [0.5, 0.6) is 0 Å². The van der Waals surface area contributed by atoms with Gasteiger partial charge in [-0.25, -0.2) is 4.79 Å². The molecule has 1 aromatic heterocycles. The number of carbonyl (C=O) groups excluding carboxylic acids is 2. The molecule has 0 unspecified atom stereocenters. The van der Waals surface area contributed by atoms with Gasteiger partial charge in [-0.15, -0.1) is 0 Å². The summed E-state index contributed by atoms with van der Waals surface area (Å²) in [7, 11) is 1.28. The second-order valence-corrected chi connectivity index (χ2v) is 6.12. The summed E-state index contributed by atoms with van der Waals surface area (Å²) in [4.78, 5) is 35.2. The molecule has 6 nitrogen and oxygen atoms in total. The molecule has 1 aromatic carbocycles. The molecule has 2 rings (SSSR count). The molecule has 0 bridgehead atoms. The van der Waals surface area contributed by atoms with Crippen LogP contribution in [0, 0.1) is 0 Å². The Morgan fingerprint density at radius 2 is 2.04 bits per heavy atom. The summed E-state index contributed by atoms with van der Waals surface area (Å²) in [6, 6.07) is 11.6. The summed E-state index contributed by atoms with van der Waals surface area (Å²) in [6.45, 7) is 2.24. The molecule has 0 saturated carbocycles. The van der Waals surface area contributed by atoms with Gasteiger partial charge in [-0.3, -0.25) is 9.59 Å². The van der Waals surface area contributed by atoms with E-state index in [1.54, 1.807) is 48.0 Å². The van der Waals surface area contributed by atoms with Crippen molar-refractivity contribution in [1.29, 1.82) is 0 Å². The highest BCUT2D eigenvalue weighted by Crippen LogP contribution is 2.09. The van der Waals surface area contributed by atoms with E-state index in [1.165, 1.54) is 7.11 Å². The van der Waals surface area contributed by atoms with Gasteiger partial charge >= 0.3 is 5.97 Å². The summed E-state index contributed by atoms with van der Waals surface area (Å²) < 4.78 is 6.28. The molecular formula is C21H24N2O4. The Hall–Kier alpha value is -3.15. The molecule has 0 spiro atoms. The zero-order valence-corrected chi connectivity index (χ0v) is 15.6. The molecule has 2 aromatic rings. The number of pyridine rings is 1. The number of allylic oxidation sites excluding steroid dienone is 1. The maximum Gasteiger partial charge on any atom is 0.328 e. The molecule has 0 radical (unpaired) electrons. The van der Waals surface area contributed by atoms with Crippen LogP contribution in [-0.2, 0) is 16.1 Å². The van der Waals surface area contributed by atoms with Crippen molar-refractivity contribution in [3.63, 3.8) is 0 Å². The van der Waals surface area contributed by atoms with E-state index in [4.69, 9.17) is 0 Å². The minimum absolute atomic E-state index is 0.00127. The molecule has 1 N–H and O–H groups in total. The normalized spacial score (nSPS) is 11.9. The lowest BCUT2D eigenvalue weighted by molar-refractivity contribution is -0.142. The summed E-state index contributed by atoms with van der Waals surface area (Å²) in [5.41, 5.74) is 1.37. The van der Waals surface area contributed by atoms with Gasteiger partial charge in [-0.1, -0.05) is 30.4 Å². The average molecular weight is 368 g/mol. The summed E-state index contributed by atoms with van der Waals surface area (Å²) in [6.07, 6.45) is 7.40. The summed E-state index contributed by atoms with van der Waals surface area (Å²) in [5.74, 6) is -0.816. The standard InChI is InChI=1S/C21H24N2O4/c1-16(21(26)27-2)22-20(25)18-11-8-10-17(15-18)9-4-3-6-13-23-14-7-5-12-19(23)24/h4-5,7-12,14-16H,3,6,13H2,1-2H3,(H,22,25)/t16-/m1/s1. The highest BCUT2D eigenvalue weighted by molar-refractivity contribution is 5.97. The highest BCUT2D eigenvalue weighted by Gasteiger charge is 2.16. The Kier molecular flexibility index (Phi) is 7.55. The van der Waals surface area contributed by atoms with Crippen molar-refractivity contribution >= 4 is 18.0 Å². The molecular weight excluding hydrogens is 344 g/mol. The minimum Gasteiger partial charge on any atom is -0.467 e. The third kappa shape index (κ3) is 6.26. The molecule has 1 amide bonds. The Morgan fingerprint density at radius 1 is 1.22 bits per heavy atom. The van der Waals surface area contributed by atoms with Gasteiger partial charge in [0.25, 0.3) is 5.91 Å². The van der Waals surface area contributed by atoms with Crippen molar-refractivity contribution in [1.82, 2.24) is 9.88 Å². The third-order valence-electron chi connectivity index (χ3n) is 4.03. The number of amides is 1. The van der Waals surface area contributed by atoms with Crippen molar-refractivity contribution in [3.8, 4) is 0 Å². The van der Waals surface area contributed by atoms with Crippen molar-refractivity contribution in [3.05, 3.63) is 76.2 Å². The number of unbranched alkanes of at least 4 members (excludes halogenated alkanes) is 1. The second-order valence-electron chi connectivity index (χ2n) is 6.12. The van der Waals surface area contributed by atoms with Crippen LogP contribution in [0.3, 0.4) is 0 Å². The largest absolute Gasteiger partial charge is 0.467 e. The topological polar surface area (TPSA) is 77.4 Å². The number of hydrogen-bond donors (Lipinski definition) is 1. The van der Waals surface area contributed by atoms with E-state index < -0.39 is 12.0 Å². The average Bonchev–Trinajstić information content (AvgIpc) is 2.68. The lowest BCUT2D eigenvalue weighted by atomic mass is 10.1. The van der Waals surface area contributed by atoms with Crippen molar-refractivity contribution < 1.29 is 14.3 Å². The summed E-state index contributed by atoms with van der Waals surface area (Å²) >= 11 is 0. The Balaban J connectivity index is 1.88. The number of aromatic nitrogens is 1. The van der Waals surface area contributed by atoms with E-state index in [9.17, 15) is 14.4 Å². The first-order chi connectivity index (χ1) is 13.0. The number of methoxy groups -OCH3 is 1. The molecule has 1 heterocycles. The number of benzene rings is 1. The predicted molar refractivity (Wildman–Crippen MR) is 104 cm³/mol. The zero-order valence-electron chi connectivity index (χ0n) is 15.6. The van der Waals surface area contributed by atoms with Crippen LogP contribution >= 0.6 is 0 Å². The van der Waals surface area contributed by atoms with E-state index in [1.807, 2.05) is 24.3 Å². The fourth-order valence-electron chi connectivity index (χ4n) is 2.54. The molecule has 6 heteroatoms. The van der Waals surface area contributed by atoms with Gasteiger partial charge in [0.1, 0.15) is 6.04 Å². The van der Waals surface area contributed by atoms with Gasteiger partial charge in [-0.05, 0) is 43.5 Å². The van der Waals surface area contributed by atoms with E-state index in [2.05, 4.69) is 10.1 Å². The number of nitrogens with zero attached hydrogens (tertiary/aromatic N) is 1. The van der Waals surface area contributed by atoms with Crippen molar-refractivity contribution in [2.45, 2.75) is 32.4 Å². The van der Waals surface area contributed by atoms with Crippen LogP contribution in [0.4, 0.5) is 0 Å². The molecule has 0 aliphatic rings. The van der Waals surface area contributed by atoms with Gasteiger partial charge in [-0.2, -0.15) is 0 Å². The zero-order chi connectivity index (χ0) is 19.6. The van der Waals surface area contributed by atoms with Crippen LogP contribution in [0.15, 0.2) is 59.5 Å². The van der Waals surface area contributed by atoms with Crippen molar-refractivity contribution in [2.24, 2.45) is 0 Å². The van der Waals surface area contributed by atoms with Crippen LogP contribution < -0.4 is 10.9 Å². The highest BCUT2D eigenvalue weighted by atomic mass is 16.5. The predicted octanol–water partition coefficient (Wildman–Crippen LogP) is 2.63. The fourth-order valence-corrected chi connectivity index (χ4v) is 2.54. The van der Waals surface area contributed by atoms with Crippen LogP contribution in [-0.4, -0.2) is 29.6 Å². The maximum absolute atomic E-state index is 12.2. The van der Waals surface area contributed by atoms with Crippen LogP contribution in [0.1, 0.15) is 35.7 Å². The Morgan fingerprint density at radius 3 is 2.78 bits per heavy atom. The van der Waals surface area contributed by atoms with Crippen LogP contribution in [0.25, 0.3) is 6.08 Å². The second kappa shape index (κ2) is 10.1. The molecule has 142 valence electrons. The summed E-state index contributed by atoms with van der Waals surface area (Å²) in [5, 5.41) is 2.60. The number of rotatable bonds is 8. The van der Waals surface area contributed by atoms with Gasteiger partial charge in [0, 0.05) is 24.4 Å². The van der Waals surface area contributed by atoms with E-state index in [0.29, 0.717) is 12.1 Å². The smallest absolute Gasteiger partial charge is 0.328 e. The minimum atomic E-state index is -0.705. The van der Waals surface area contributed by atoms with Crippen molar-refractivity contribution in [2.75, 3.05) is 7.11 Å². The monoisotopic (exact) mass is 368 g/mol. The number of nitrogens with one attached hydrogen (secondary N) is 1. The number of aryl methyl sites for hydroxylation is 1. The number of esters is 1. The van der Waals surface area contributed by atoms with Gasteiger partial charge in [0.15, 0.2) is 0 Å². The SMILES string of the molecule is COC(=O)[C@@H](C)NC(=O)c1cccc(C=CCCCn2ccccc2=O)c1. The Labute approximate surface area is 158 Å². The molecule has 27 heavy (non-hydrogen) atoms. The Bertz CT molecular complexity index is 870. The van der Waals surface area contributed by atoms with E-state index >= 15 is 0 Å². The first-order valence-corrected chi connectivity index (χ1v) is 8.82. The molecule has 1 atom stereocenters. The first-order valence-electron chi connectivity index (χ1n) is 8.82. The molecule has 0 fully saturated rings. The lowest BCUT2D eigenvalue weighted by Gasteiger charge is -2.11. The number of carbonyl (C=O) groups is 2. The van der Waals surface area contributed by atoms with Gasteiger partial charge in [0.2, 0.25) is 5.56 Å². The number of hydrogen-bond acceptors (Lipinski definition) is 4. The lowest BCUT2D eigenvalue weighted by Crippen LogP contribution is -2.39. The van der Waals surface area contributed by atoms with E-state index in [-0.39, 0.29) is 11.5 Å². The fraction of sp³-hybridized carbons (Fsp3) is 0.286. The first kappa shape index (κ1) is 20.2. The van der Waals surface area contributed by atoms with Crippen LogP contribution in [0.2, 0.25) is 0 Å². The number of ether oxygens (including phenoxy) is 1. The maximum atomic E-state index is 12.2. The quantitative estimate of drug-likeness (QED) is 0.574. The molecule has 0 saturated heterocycles. The molecule has 0 aliphatic heterocycles. The van der Waals surface area contributed by atoms with E-state index in [0.717, 1.165) is 18.4 Å². The third-order valence-corrected chi connectivity index (χ3v) is 4.03. The van der Waals surface area contributed by atoms with Gasteiger partial charge < -0.3 is 14.6 Å². The molecule has 0 aliphatic carbocycles.